The minimum absolute atomic E-state index is 0.179. The van der Waals surface area contributed by atoms with Crippen LogP contribution < -0.4 is 5.73 Å². The van der Waals surface area contributed by atoms with Crippen LogP contribution in [0.5, 0.6) is 0 Å². The second-order valence-corrected chi connectivity index (χ2v) is 6.22. The molecule has 0 heterocycles. The molecule has 1 heteroatoms. The van der Waals surface area contributed by atoms with E-state index in [4.69, 9.17) is 5.73 Å². The molecule has 0 bridgehead atoms. The van der Waals surface area contributed by atoms with Crippen LogP contribution in [0.25, 0.3) is 0 Å². The molecule has 0 spiro atoms. The molecule has 0 saturated heterocycles. The summed E-state index contributed by atoms with van der Waals surface area (Å²) in [6.45, 7) is 7.03. The van der Waals surface area contributed by atoms with Crippen molar-refractivity contribution in [1.29, 1.82) is 0 Å². The number of unbranched alkanes of at least 4 members (excludes halogenated alkanes) is 4. The van der Waals surface area contributed by atoms with Crippen molar-refractivity contribution >= 4 is 0 Å². The summed E-state index contributed by atoms with van der Waals surface area (Å²) in [5, 5.41) is 0. The van der Waals surface area contributed by atoms with Gasteiger partial charge in [0.1, 0.15) is 0 Å². The van der Waals surface area contributed by atoms with Crippen LogP contribution >= 0.6 is 0 Å². The van der Waals surface area contributed by atoms with Gasteiger partial charge in [-0.05, 0) is 37.5 Å². The first-order chi connectivity index (χ1) is 7.57. The van der Waals surface area contributed by atoms with E-state index in [0.29, 0.717) is 0 Å². The zero-order chi connectivity index (χ0) is 12.0. The van der Waals surface area contributed by atoms with Gasteiger partial charge in [0.25, 0.3) is 0 Å². The van der Waals surface area contributed by atoms with Crippen LogP contribution in [-0.2, 0) is 0 Å². The molecule has 2 N–H and O–H groups in total. The molecule has 0 aliphatic heterocycles. The molecular formula is C15H31N. The summed E-state index contributed by atoms with van der Waals surface area (Å²) in [4.78, 5) is 0. The lowest BCUT2D eigenvalue weighted by molar-refractivity contribution is 0.164. The fourth-order valence-electron chi connectivity index (χ4n) is 3.05. The predicted octanol–water partition coefficient (Wildman–Crippen LogP) is 4.50. The van der Waals surface area contributed by atoms with Crippen LogP contribution in [0.3, 0.4) is 0 Å². The third kappa shape index (κ3) is 4.45. The quantitative estimate of drug-likeness (QED) is 0.662. The molecule has 1 fully saturated rings. The predicted molar refractivity (Wildman–Crippen MR) is 72.5 cm³/mol. The van der Waals surface area contributed by atoms with Gasteiger partial charge in [-0.15, -0.1) is 0 Å². The lowest BCUT2D eigenvalue weighted by Crippen LogP contribution is -2.45. The van der Waals surface area contributed by atoms with Crippen LogP contribution in [0.1, 0.15) is 78.6 Å². The van der Waals surface area contributed by atoms with Gasteiger partial charge in [-0.3, -0.25) is 0 Å². The monoisotopic (exact) mass is 225 g/mol. The number of rotatable bonds is 6. The summed E-state index contributed by atoms with van der Waals surface area (Å²) in [5.41, 5.74) is 6.71. The fourth-order valence-corrected chi connectivity index (χ4v) is 3.05. The Morgan fingerprint density at radius 2 is 1.75 bits per heavy atom. The highest BCUT2D eigenvalue weighted by Gasteiger charge is 2.33. The topological polar surface area (TPSA) is 26.0 Å². The Kier molecular flexibility index (Phi) is 5.82. The van der Waals surface area contributed by atoms with Crippen molar-refractivity contribution in [2.75, 3.05) is 0 Å². The van der Waals surface area contributed by atoms with Gasteiger partial charge in [-0.1, -0.05) is 52.9 Å². The molecule has 0 radical (unpaired) electrons. The first kappa shape index (κ1) is 14.0. The van der Waals surface area contributed by atoms with E-state index < -0.39 is 0 Å². The van der Waals surface area contributed by atoms with E-state index in [0.717, 1.165) is 11.8 Å². The van der Waals surface area contributed by atoms with Gasteiger partial charge in [0.15, 0.2) is 0 Å². The Hall–Kier alpha value is -0.0400. The largest absolute Gasteiger partial charge is 0.325 e. The summed E-state index contributed by atoms with van der Waals surface area (Å²) >= 11 is 0. The average Bonchev–Trinajstić information content (AvgIpc) is 2.24. The summed E-state index contributed by atoms with van der Waals surface area (Å²) in [6.07, 6.45) is 12.0. The molecule has 3 unspecified atom stereocenters. The Morgan fingerprint density at radius 1 is 1.06 bits per heavy atom. The van der Waals surface area contributed by atoms with Crippen molar-refractivity contribution in [1.82, 2.24) is 0 Å². The minimum atomic E-state index is 0.179. The molecule has 1 rings (SSSR count). The molecule has 0 aromatic rings. The average molecular weight is 225 g/mol. The van der Waals surface area contributed by atoms with Gasteiger partial charge in [-0.2, -0.15) is 0 Å². The van der Waals surface area contributed by atoms with Crippen molar-refractivity contribution in [3.63, 3.8) is 0 Å². The Bertz CT molecular complexity index is 190. The molecule has 3 atom stereocenters. The normalized spacial score (nSPS) is 35.2. The maximum Gasteiger partial charge on any atom is 0.0157 e. The Morgan fingerprint density at radius 3 is 2.38 bits per heavy atom. The first-order valence-corrected chi connectivity index (χ1v) is 7.36. The summed E-state index contributed by atoms with van der Waals surface area (Å²) < 4.78 is 0. The van der Waals surface area contributed by atoms with Crippen LogP contribution in [0.2, 0.25) is 0 Å². The van der Waals surface area contributed by atoms with Crippen molar-refractivity contribution < 1.29 is 0 Å². The van der Waals surface area contributed by atoms with Crippen molar-refractivity contribution in [2.24, 2.45) is 17.6 Å². The van der Waals surface area contributed by atoms with E-state index in [1.165, 1.54) is 57.8 Å². The van der Waals surface area contributed by atoms with Crippen LogP contribution in [0.15, 0.2) is 0 Å². The van der Waals surface area contributed by atoms with E-state index >= 15 is 0 Å². The third-order valence-corrected chi connectivity index (χ3v) is 4.58. The van der Waals surface area contributed by atoms with Crippen molar-refractivity contribution in [3.05, 3.63) is 0 Å². The van der Waals surface area contributed by atoms with E-state index in [-0.39, 0.29) is 5.54 Å². The van der Waals surface area contributed by atoms with Gasteiger partial charge >= 0.3 is 0 Å². The maximum absolute atomic E-state index is 6.53. The molecule has 0 amide bonds. The fraction of sp³-hybridized carbons (Fsp3) is 1.00. The van der Waals surface area contributed by atoms with E-state index in [1.54, 1.807) is 0 Å². The SMILES string of the molecule is CCCCCCCC1(N)CCC(C)C(C)C1. The zero-order valence-electron chi connectivity index (χ0n) is 11.6. The molecule has 1 aliphatic rings. The molecule has 1 aliphatic carbocycles. The lowest BCUT2D eigenvalue weighted by Gasteiger charge is -2.40. The van der Waals surface area contributed by atoms with Gasteiger partial charge in [0.2, 0.25) is 0 Å². The van der Waals surface area contributed by atoms with E-state index in [1.807, 2.05) is 0 Å². The number of hydrogen-bond acceptors (Lipinski definition) is 1. The number of hydrogen-bond donors (Lipinski definition) is 1. The lowest BCUT2D eigenvalue weighted by atomic mass is 9.70. The first-order valence-electron chi connectivity index (χ1n) is 7.36. The van der Waals surface area contributed by atoms with Gasteiger partial charge in [0.05, 0.1) is 0 Å². The van der Waals surface area contributed by atoms with Gasteiger partial charge in [-0.25, -0.2) is 0 Å². The van der Waals surface area contributed by atoms with Crippen LogP contribution in [0.4, 0.5) is 0 Å². The molecule has 16 heavy (non-hydrogen) atoms. The van der Waals surface area contributed by atoms with Crippen molar-refractivity contribution in [2.45, 2.75) is 84.1 Å². The van der Waals surface area contributed by atoms with Gasteiger partial charge < -0.3 is 5.73 Å². The Balaban J connectivity index is 2.19. The maximum atomic E-state index is 6.53. The minimum Gasteiger partial charge on any atom is -0.325 e. The molecule has 1 nitrogen and oxygen atoms in total. The smallest absolute Gasteiger partial charge is 0.0157 e. The van der Waals surface area contributed by atoms with E-state index in [9.17, 15) is 0 Å². The number of nitrogens with two attached hydrogens (primary N) is 1. The summed E-state index contributed by atoms with van der Waals surface area (Å²) in [5.74, 6) is 1.71. The van der Waals surface area contributed by atoms with Crippen LogP contribution in [-0.4, -0.2) is 5.54 Å². The molecule has 96 valence electrons. The van der Waals surface area contributed by atoms with Crippen LogP contribution in [0, 0.1) is 11.8 Å². The Labute approximate surface area is 102 Å². The highest BCUT2D eigenvalue weighted by atomic mass is 14.7. The highest BCUT2D eigenvalue weighted by molar-refractivity contribution is 4.91. The molecular weight excluding hydrogens is 194 g/mol. The molecule has 0 aromatic carbocycles. The third-order valence-electron chi connectivity index (χ3n) is 4.58. The summed E-state index contributed by atoms with van der Waals surface area (Å²) in [6, 6.07) is 0. The van der Waals surface area contributed by atoms with Crippen molar-refractivity contribution in [3.8, 4) is 0 Å². The second kappa shape index (κ2) is 6.64. The highest BCUT2D eigenvalue weighted by Crippen LogP contribution is 2.37. The standard InChI is InChI=1S/C15H31N/c1-4-5-6-7-8-10-15(16)11-9-13(2)14(3)12-15/h13-14H,4-12,16H2,1-3H3. The van der Waals surface area contributed by atoms with E-state index in [2.05, 4.69) is 20.8 Å². The zero-order valence-corrected chi connectivity index (χ0v) is 11.6. The molecule has 0 aromatic heterocycles. The summed E-state index contributed by atoms with van der Waals surface area (Å²) in [7, 11) is 0. The van der Waals surface area contributed by atoms with Gasteiger partial charge in [0, 0.05) is 5.54 Å². The second-order valence-electron chi connectivity index (χ2n) is 6.22. The molecule has 1 saturated carbocycles.